The maximum absolute atomic E-state index is 11.2. The smallest absolute Gasteiger partial charge is 0.161 e. The quantitative estimate of drug-likeness (QED) is 0.844. The molecule has 20 heavy (non-hydrogen) atoms. The molecular weight excluding hydrogens is 270 g/mol. The van der Waals surface area contributed by atoms with Crippen molar-refractivity contribution in [2.75, 3.05) is 5.32 Å². The average Bonchev–Trinajstić information content (AvgIpc) is 2.89. The van der Waals surface area contributed by atoms with Crippen LogP contribution in [0.3, 0.4) is 0 Å². The highest BCUT2D eigenvalue weighted by Gasteiger charge is 2.12. The van der Waals surface area contributed by atoms with E-state index in [4.69, 9.17) is 0 Å². The van der Waals surface area contributed by atoms with E-state index in [-0.39, 0.29) is 11.8 Å². The Hall–Kier alpha value is -1.75. The van der Waals surface area contributed by atoms with Crippen molar-refractivity contribution in [2.24, 2.45) is 0 Å². The van der Waals surface area contributed by atoms with Gasteiger partial charge in [-0.25, -0.2) is 9.97 Å². The van der Waals surface area contributed by atoms with Crippen LogP contribution in [0.5, 0.6) is 0 Å². The van der Waals surface area contributed by atoms with Gasteiger partial charge in [0.05, 0.1) is 16.7 Å². The Morgan fingerprint density at radius 1 is 1.30 bits per heavy atom. The zero-order valence-corrected chi connectivity index (χ0v) is 13.0. The van der Waals surface area contributed by atoms with Crippen molar-refractivity contribution in [1.82, 2.24) is 9.97 Å². The van der Waals surface area contributed by atoms with Crippen molar-refractivity contribution in [1.29, 1.82) is 0 Å². The molecule has 0 saturated heterocycles. The van der Waals surface area contributed by atoms with Crippen LogP contribution in [-0.2, 0) is 0 Å². The molecule has 2 rings (SSSR count). The summed E-state index contributed by atoms with van der Waals surface area (Å²) in [5, 5.41) is 6.53. The molecule has 0 aliphatic carbocycles. The number of Topliss-reactive ketones (excluding diaryl/α,β-unsaturated/α-hetero) is 1. The van der Waals surface area contributed by atoms with Gasteiger partial charge in [-0.15, -0.1) is 11.3 Å². The Labute approximate surface area is 123 Å². The molecule has 0 spiro atoms. The Morgan fingerprint density at radius 2 is 2.05 bits per heavy atom. The van der Waals surface area contributed by atoms with E-state index in [1.165, 1.54) is 6.92 Å². The highest BCUT2D eigenvalue weighted by molar-refractivity contribution is 7.09. The lowest BCUT2D eigenvalue weighted by Gasteiger charge is -2.12. The molecule has 1 N–H and O–H groups in total. The van der Waals surface area contributed by atoms with Gasteiger partial charge in [-0.2, -0.15) is 0 Å². The lowest BCUT2D eigenvalue weighted by molar-refractivity contribution is 0.101. The summed E-state index contributed by atoms with van der Waals surface area (Å²) in [6.45, 7) is 7.88. The number of nitrogens with zero attached hydrogens (tertiary/aromatic N) is 2. The molecule has 2 aromatic rings. The number of aromatic nitrogens is 2. The van der Waals surface area contributed by atoms with Crippen molar-refractivity contribution in [2.45, 2.75) is 39.7 Å². The van der Waals surface area contributed by atoms with Crippen LogP contribution in [0.4, 0.5) is 5.82 Å². The summed E-state index contributed by atoms with van der Waals surface area (Å²) < 4.78 is 0. The second kappa shape index (κ2) is 6.13. The molecular formula is C15H19N3OS. The van der Waals surface area contributed by atoms with Crippen LogP contribution >= 0.6 is 11.3 Å². The van der Waals surface area contributed by atoms with E-state index in [0.717, 1.165) is 16.5 Å². The summed E-state index contributed by atoms with van der Waals surface area (Å²) >= 11 is 1.69. The second-order valence-corrected chi connectivity index (χ2v) is 6.01. The fourth-order valence-corrected chi connectivity index (χ4v) is 2.68. The molecule has 106 valence electrons. The molecule has 2 aromatic heterocycles. The molecule has 0 saturated carbocycles. The van der Waals surface area contributed by atoms with Gasteiger partial charge in [-0.1, -0.05) is 13.8 Å². The SMILES string of the molecule is CC(=O)c1ccc(NC(C)c2csc(C(C)C)n2)nc1. The van der Waals surface area contributed by atoms with Crippen LogP contribution in [0.1, 0.15) is 60.7 Å². The summed E-state index contributed by atoms with van der Waals surface area (Å²) in [6.07, 6.45) is 1.60. The fourth-order valence-electron chi connectivity index (χ4n) is 1.75. The van der Waals surface area contributed by atoms with Crippen LogP contribution in [-0.4, -0.2) is 15.8 Å². The van der Waals surface area contributed by atoms with Crippen molar-refractivity contribution in [3.63, 3.8) is 0 Å². The third-order valence-corrected chi connectivity index (χ3v) is 4.18. The van der Waals surface area contributed by atoms with Crippen LogP contribution < -0.4 is 5.32 Å². The number of thiazole rings is 1. The zero-order chi connectivity index (χ0) is 14.7. The van der Waals surface area contributed by atoms with E-state index in [1.54, 1.807) is 23.6 Å². The number of pyridine rings is 1. The van der Waals surface area contributed by atoms with Crippen LogP contribution in [0.15, 0.2) is 23.7 Å². The minimum Gasteiger partial charge on any atom is -0.362 e. The zero-order valence-electron chi connectivity index (χ0n) is 12.2. The van der Waals surface area contributed by atoms with Crippen LogP contribution in [0.2, 0.25) is 0 Å². The molecule has 0 bridgehead atoms. The molecule has 0 fully saturated rings. The van der Waals surface area contributed by atoms with E-state index < -0.39 is 0 Å². The summed E-state index contributed by atoms with van der Waals surface area (Å²) in [4.78, 5) is 20.1. The van der Waals surface area contributed by atoms with Crippen molar-refractivity contribution in [3.8, 4) is 0 Å². The number of rotatable bonds is 5. The van der Waals surface area contributed by atoms with Gasteiger partial charge in [0.25, 0.3) is 0 Å². The molecule has 1 unspecified atom stereocenters. The molecule has 0 aliphatic heterocycles. The van der Waals surface area contributed by atoms with E-state index >= 15 is 0 Å². The first kappa shape index (κ1) is 14.7. The Bertz CT molecular complexity index is 589. The van der Waals surface area contributed by atoms with Gasteiger partial charge in [0, 0.05) is 23.1 Å². The first-order valence-corrected chi connectivity index (χ1v) is 7.54. The van der Waals surface area contributed by atoms with Gasteiger partial charge < -0.3 is 5.32 Å². The van der Waals surface area contributed by atoms with E-state index in [0.29, 0.717) is 11.5 Å². The second-order valence-electron chi connectivity index (χ2n) is 5.12. The van der Waals surface area contributed by atoms with Gasteiger partial charge in [-0.05, 0) is 26.0 Å². The lowest BCUT2D eigenvalue weighted by atomic mass is 10.2. The Balaban J connectivity index is 2.06. The average molecular weight is 289 g/mol. The highest BCUT2D eigenvalue weighted by Crippen LogP contribution is 2.24. The largest absolute Gasteiger partial charge is 0.362 e. The Morgan fingerprint density at radius 3 is 2.55 bits per heavy atom. The number of carbonyl (C=O) groups excluding carboxylic acids is 1. The van der Waals surface area contributed by atoms with Gasteiger partial charge in [0.15, 0.2) is 5.78 Å². The fraction of sp³-hybridized carbons (Fsp3) is 0.400. The monoisotopic (exact) mass is 289 g/mol. The predicted octanol–water partition coefficient (Wildman–Crippen LogP) is 4.04. The molecule has 0 radical (unpaired) electrons. The number of nitrogens with one attached hydrogen (secondary N) is 1. The maximum atomic E-state index is 11.2. The molecule has 1 atom stereocenters. The number of ketones is 1. The molecule has 5 heteroatoms. The topological polar surface area (TPSA) is 54.9 Å². The lowest BCUT2D eigenvalue weighted by Crippen LogP contribution is -2.09. The molecule has 0 amide bonds. The van der Waals surface area contributed by atoms with Crippen molar-refractivity contribution < 1.29 is 4.79 Å². The standard InChI is InChI=1S/C15H19N3OS/c1-9(2)15-18-13(8-20-15)10(3)17-14-6-5-12(7-16-14)11(4)19/h5-10H,1-4H3,(H,16,17). The highest BCUT2D eigenvalue weighted by atomic mass is 32.1. The van der Waals surface area contributed by atoms with E-state index in [2.05, 4.69) is 41.4 Å². The van der Waals surface area contributed by atoms with Gasteiger partial charge in [-0.3, -0.25) is 4.79 Å². The first-order valence-electron chi connectivity index (χ1n) is 6.66. The molecule has 0 aromatic carbocycles. The summed E-state index contributed by atoms with van der Waals surface area (Å²) in [6, 6.07) is 3.70. The first-order chi connectivity index (χ1) is 9.47. The van der Waals surface area contributed by atoms with Crippen molar-refractivity contribution in [3.05, 3.63) is 40.0 Å². The van der Waals surface area contributed by atoms with Gasteiger partial charge >= 0.3 is 0 Å². The third-order valence-electron chi connectivity index (χ3n) is 3.01. The number of anilines is 1. The predicted molar refractivity (Wildman–Crippen MR) is 82.5 cm³/mol. The molecule has 4 nitrogen and oxygen atoms in total. The number of hydrogen-bond donors (Lipinski definition) is 1. The molecule has 0 aliphatic rings. The van der Waals surface area contributed by atoms with Crippen molar-refractivity contribution >= 4 is 22.9 Å². The van der Waals surface area contributed by atoms with Gasteiger partial charge in [0.1, 0.15) is 5.82 Å². The summed E-state index contributed by atoms with van der Waals surface area (Å²) in [5.41, 5.74) is 1.65. The van der Waals surface area contributed by atoms with Gasteiger partial charge in [0.2, 0.25) is 0 Å². The van der Waals surface area contributed by atoms with Crippen LogP contribution in [0.25, 0.3) is 0 Å². The normalized spacial score (nSPS) is 12.4. The minimum absolute atomic E-state index is 0.0261. The molecule has 2 heterocycles. The van der Waals surface area contributed by atoms with E-state index in [9.17, 15) is 4.79 Å². The van der Waals surface area contributed by atoms with E-state index in [1.807, 2.05) is 6.07 Å². The third kappa shape index (κ3) is 3.42. The summed E-state index contributed by atoms with van der Waals surface area (Å²) in [7, 11) is 0. The summed E-state index contributed by atoms with van der Waals surface area (Å²) in [5.74, 6) is 1.23. The number of carbonyl (C=O) groups is 1. The Kier molecular flexibility index (Phi) is 4.49. The minimum atomic E-state index is 0.0261. The van der Waals surface area contributed by atoms with Crippen LogP contribution in [0, 0.1) is 0 Å². The number of hydrogen-bond acceptors (Lipinski definition) is 5. The maximum Gasteiger partial charge on any atom is 0.161 e.